The summed E-state index contributed by atoms with van der Waals surface area (Å²) < 4.78 is 23.7. The van der Waals surface area contributed by atoms with Crippen LogP contribution in [0, 0.1) is 6.92 Å². The van der Waals surface area contributed by atoms with Crippen LogP contribution in [0.15, 0.2) is 4.90 Å². The van der Waals surface area contributed by atoms with Gasteiger partial charge >= 0.3 is 0 Å². The number of primary sulfonamides is 1. The number of nitrogens with zero attached hydrogens (tertiary/aromatic N) is 2. The molecule has 0 aliphatic heterocycles. The van der Waals surface area contributed by atoms with E-state index >= 15 is 0 Å². The normalized spacial score (nSPS) is 12.0. The lowest BCUT2D eigenvalue weighted by Gasteiger charge is -1.97. The van der Waals surface area contributed by atoms with Crippen LogP contribution in [-0.4, -0.2) is 18.2 Å². The van der Waals surface area contributed by atoms with E-state index < -0.39 is 10.0 Å². The molecule has 13 heavy (non-hydrogen) atoms. The summed E-state index contributed by atoms with van der Waals surface area (Å²) in [6.07, 6.45) is 0. The van der Waals surface area contributed by atoms with Gasteiger partial charge in [-0.1, -0.05) is 0 Å². The SMILES string of the molecule is Cc1c(S(N)(=O)=O)c(CN)nn1C. The minimum atomic E-state index is -3.72. The highest BCUT2D eigenvalue weighted by atomic mass is 32.2. The van der Waals surface area contributed by atoms with Crippen LogP contribution in [0.1, 0.15) is 11.4 Å². The van der Waals surface area contributed by atoms with Crippen molar-refractivity contribution in [2.24, 2.45) is 17.9 Å². The van der Waals surface area contributed by atoms with Crippen LogP contribution in [0.5, 0.6) is 0 Å². The molecular weight excluding hydrogens is 192 g/mol. The van der Waals surface area contributed by atoms with Crippen molar-refractivity contribution in [1.82, 2.24) is 9.78 Å². The molecule has 0 fully saturated rings. The van der Waals surface area contributed by atoms with Gasteiger partial charge in [0.25, 0.3) is 0 Å². The standard InChI is InChI=1S/C6H12N4O2S/c1-4-6(13(8,11)12)5(3-7)9-10(4)2/h3,7H2,1-2H3,(H2,8,11,12). The van der Waals surface area contributed by atoms with Crippen molar-refractivity contribution in [1.29, 1.82) is 0 Å². The highest BCUT2D eigenvalue weighted by Crippen LogP contribution is 2.16. The zero-order valence-electron chi connectivity index (χ0n) is 7.48. The first-order chi connectivity index (χ1) is 5.88. The lowest BCUT2D eigenvalue weighted by Crippen LogP contribution is -2.16. The average Bonchev–Trinajstić information content (AvgIpc) is 2.26. The second-order valence-electron chi connectivity index (χ2n) is 2.73. The second kappa shape index (κ2) is 3.09. The van der Waals surface area contributed by atoms with Crippen molar-refractivity contribution >= 4 is 10.0 Å². The third kappa shape index (κ3) is 1.71. The summed E-state index contributed by atoms with van der Waals surface area (Å²) in [4.78, 5) is 0.0394. The lowest BCUT2D eigenvalue weighted by molar-refractivity contribution is 0.595. The Morgan fingerprint density at radius 2 is 2.08 bits per heavy atom. The van der Waals surface area contributed by atoms with Crippen molar-refractivity contribution in [3.8, 4) is 0 Å². The van der Waals surface area contributed by atoms with Crippen LogP contribution in [0.3, 0.4) is 0 Å². The fourth-order valence-corrected chi connectivity index (χ4v) is 2.16. The third-order valence-corrected chi connectivity index (χ3v) is 2.92. The Kier molecular flexibility index (Phi) is 2.42. The van der Waals surface area contributed by atoms with E-state index in [9.17, 15) is 8.42 Å². The molecule has 0 saturated heterocycles. The van der Waals surface area contributed by atoms with Crippen LogP contribution < -0.4 is 10.9 Å². The molecule has 0 spiro atoms. The van der Waals surface area contributed by atoms with Gasteiger partial charge in [-0.05, 0) is 6.92 Å². The molecule has 0 bridgehead atoms. The Bertz CT molecular complexity index is 420. The van der Waals surface area contributed by atoms with Crippen LogP contribution in [0.4, 0.5) is 0 Å². The highest BCUT2D eigenvalue weighted by Gasteiger charge is 2.21. The molecule has 0 unspecified atom stereocenters. The van der Waals surface area contributed by atoms with Gasteiger partial charge in [-0.25, -0.2) is 13.6 Å². The minimum Gasteiger partial charge on any atom is -0.325 e. The molecule has 0 radical (unpaired) electrons. The summed E-state index contributed by atoms with van der Waals surface area (Å²) in [6.45, 7) is 1.69. The molecule has 0 atom stereocenters. The van der Waals surface area contributed by atoms with Gasteiger partial charge in [0.1, 0.15) is 4.90 Å². The fourth-order valence-electron chi connectivity index (χ4n) is 1.16. The zero-order chi connectivity index (χ0) is 10.2. The van der Waals surface area contributed by atoms with Gasteiger partial charge in [0.05, 0.1) is 11.4 Å². The van der Waals surface area contributed by atoms with Crippen molar-refractivity contribution < 1.29 is 8.42 Å². The molecule has 0 aromatic carbocycles. The van der Waals surface area contributed by atoms with Crippen molar-refractivity contribution in [3.63, 3.8) is 0 Å². The summed E-state index contributed by atoms with van der Waals surface area (Å²) in [5.41, 5.74) is 6.14. The highest BCUT2D eigenvalue weighted by molar-refractivity contribution is 7.89. The monoisotopic (exact) mass is 204 g/mol. The molecule has 6 nitrogen and oxygen atoms in total. The Morgan fingerprint density at radius 1 is 1.54 bits per heavy atom. The van der Waals surface area contributed by atoms with Crippen molar-refractivity contribution in [3.05, 3.63) is 11.4 Å². The van der Waals surface area contributed by atoms with Crippen LogP contribution in [0.25, 0.3) is 0 Å². The number of hydrogen-bond donors (Lipinski definition) is 2. The molecule has 0 amide bonds. The first-order valence-electron chi connectivity index (χ1n) is 3.63. The topological polar surface area (TPSA) is 104 Å². The van der Waals surface area contributed by atoms with Crippen molar-refractivity contribution in [2.45, 2.75) is 18.4 Å². The van der Waals surface area contributed by atoms with Gasteiger partial charge in [0.2, 0.25) is 10.0 Å². The van der Waals surface area contributed by atoms with Gasteiger partial charge in [0.15, 0.2) is 0 Å². The molecule has 1 aromatic heterocycles. The molecule has 0 aliphatic rings. The van der Waals surface area contributed by atoms with Gasteiger partial charge in [0, 0.05) is 13.6 Å². The van der Waals surface area contributed by atoms with Gasteiger partial charge in [-0.3, -0.25) is 4.68 Å². The molecule has 0 saturated carbocycles. The maximum absolute atomic E-state index is 11.1. The van der Waals surface area contributed by atoms with E-state index in [4.69, 9.17) is 10.9 Å². The van der Waals surface area contributed by atoms with Crippen LogP contribution in [0.2, 0.25) is 0 Å². The Labute approximate surface area is 76.6 Å². The zero-order valence-corrected chi connectivity index (χ0v) is 8.30. The molecule has 4 N–H and O–H groups in total. The minimum absolute atomic E-state index is 0.0394. The number of nitrogens with two attached hydrogens (primary N) is 2. The van der Waals surface area contributed by atoms with E-state index in [1.807, 2.05) is 0 Å². The summed E-state index contributed by atoms with van der Waals surface area (Å²) in [7, 11) is -2.08. The lowest BCUT2D eigenvalue weighted by atomic mass is 10.4. The third-order valence-electron chi connectivity index (χ3n) is 1.82. The van der Waals surface area contributed by atoms with Crippen LogP contribution >= 0.6 is 0 Å². The smallest absolute Gasteiger partial charge is 0.241 e. The predicted molar refractivity (Wildman–Crippen MR) is 47.2 cm³/mol. The van der Waals surface area contributed by atoms with E-state index in [0.29, 0.717) is 11.4 Å². The van der Waals surface area contributed by atoms with E-state index in [2.05, 4.69) is 5.10 Å². The van der Waals surface area contributed by atoms with E-state index in [0.717, 1.165) is 0 Å². The van der Waals surface area contributed by atoms with Gasteiger partial charge < -0.3 is 5.73 Å². The number of aryl methyl sites for hydroxylation is 1. The number of hydrogen-bond acceptors (Lipinski definition) is 4. The Hall–Kier alpha value is -0.920. The maximum atomic E-state index is 11.1. The first-order valence-corrected chi connectivity index (χ1v) is 5.18. The van der Waals surface area contributed by atoms with E-state index in [1.54, 1.807) is 14.0 Å². The van der Waals surface area contributed by atoms with Gasteiger partial charge in [-0.2, -0.15) is 5.10 Å². The molecule has 1 aromatic rings. The summed E-state index contributed by atoms with van der Waals surface area (Å²) in [5.74, 6) is 0. The number of rotatable bonds is 2. The molecule has 1 rings (SSSR count). The Morgan fingerprint density at radius 3 is 2.38 bits per heavy atom. The first kappa shape index (κ1) is 10.2. The predicted octanol–water partition coefficient (Wildman–Crippen LogP) is -1.17. The summed E-state index contributed by atoms with van der Waals surface area (Å²) in [5, 5.41) is 8.94. The molecule has 74 valence electrons. The fraction of sp³-hybridized carbons (Fsp3) is 0.500. The summed E-state index contributed by atoms with van der Waals surface area (Å²) in [6, 6.07) is 0. The number of sulfonamides is 1. The molecule has 7 heteroatoms. The molecule has 1 heterocycles. The average molecular weight is 204 g/mol. The Balaban J connectivity index is 3.51. The maximum Gasteiger partial charge on any atom is 0.241 e. The van der Waals surface area contributed by atoms with Gasteiger partial charge in [-0.15, -0.1) is 0 Å². The quantitative estimate of drug-likeness (QED) is 0.633. The molecule has 0 aliphatic carbocycles. The van der Waals surface area contributed by atoms with E-state index in [1.165, 1.54) is 4.68 Å². The number of aromatic nitrogens is 2. The summed E-state index contributed by atoms with van der Waals surface area (Å²) >= 11 is 0. The van der Waals surface area contributed by atoms with E-state index in [-0.39, 0.29) is 11.4 Å². The second-order valence-corrected chi connectivity index (χ2v) is 4.23. The van der Waals surface area contributed by atoms with Crippen LogP contribution in [-0.2, 0) is 23.6 Å². The largest absolute Gasteiger partial charge is 0.325 e. The van der Waals surface area contributed by atoms with Crippen molar-refractivity contribution in [2.75, 3.05) is 0 Å². The molecular formula is C6H12N4O2S.